The van der Waals surface area contributed by atoms with Crippen molar-refractivity contribution in [1.29, 1.82) is 0 Å². The lowest BCUT2D eigenvalue weighted by atomic mass is 9.88. The average molecular weight is 1870 g/mol. The molecule has 7 saturated heterocycles. The third kappa shape index (κ3) is 32.2. The number of hydrogen-bond donors (Lipinski definition) is 25. The highest BCUT2D eigenvalue weighted by Crippen LogP contribution is 2.42. The number of carbonyl (C=O) groups excluding carboxylic acids is 4. The minimum atomic E-state index is -3.36. The molecule has 38 atom stereocenters. The predicted molar refractivity (Wildman–Crippen MR) is 445 cm³/mol. The third-order valence-corrected chi connectivity index (χ3v) is 24.7. The maximum atomic E-state index is 13.8. The highest BCUT2D eigenvalue weighted by atomic mass is 16.8. The minimum absolute atomic E-state index is 0.105. The van der Waals surface area contributed by atoms with Crippen LogP contribution in [0.3, 0.4) is 0 Å². The van der Waals surface area contributed by atoms with Crippen molar-refractivity contribution >= 4 is 29.6 Å². The first-order valence-electron chi connectivity index (χ1n) is 46.0. The Kier molecular flexibility index (Phi) is 48.9. The zero-order chi connectivity index (χ0) is 94.9. The number of hydrogen-bond acceptors (Lipinski definition) is 39. The van der Waals surface area contributed by atoms with Crippen molar-refractivity contribution in [1.82, 2.24) is 21.3 Å². The summed E-state index contributed by atoms with van der Waals surface area (Å²) in [6, 6.07) is -6.76. The fourth-order valence-electron chi connectivity index (χ4n) is 17.2. The molecule has 14 unspecified atom stereocenters. The van der Waals surface area contributed by atoms with Crippen molar-refractivity contribution in [3.05, 3.63) is 12.2 Å². The largest absolute Gasteiger partial charge is 0.477 e. The highest BCUT2D eigenvalue weighted by Gasteiger charge is 2.63. The van der Waals surface area contributed by atoms with Gasteiger partial charge in [0, 0.05) is 33.6 Å². The van der Waals surface area contributed by atoms with Gasteiger partial charge in [-0.15, -0.1) is 0 Å². The first kappa shape index (κ1) is 112. The predicted octanol–water partition coefficient (Wildman–Crippen LogP) is -5.00. The number of amides is 4. The van der Waals surface area contributed by atoms with Crippen molar-refractivity contribution in [3.63, 3.8) is 0 Å². The van der Waals surface area contributed by atoms with Gasteiger partial charge in [0.15, 0.2) is 37.7 Å². The van der Waals surface area contributed by atoms with E-state index in [0.29, 0.717) is 12.8 Å². The molecule has 0 saturated carbocycles. The lowest BCUT2D eigenvalue weighted by Gasteiger charge is -2.52. The summed E-state index contributed by atoms with van der Waals surface area (Å²) in [5.41, 5.74) is 0. The number of carboxylic acid groups (broad SMARTS) is 1. The van der Waals surface area contributed by atoms with E-state index in [1.54, 1.807) is 6.08 Å². The summed E-state index contributed by atoms with van der Waals surface area (Å²) in [6.07, 6.45) is -40.1. The number of nitrogens with one attached hydrogen (secondary N) is 4. The molecule has 44 heteroatoms. The van der Waals surface area contributed by atoms with E-state index in [4.69, 9.17) is 66.3 Å². The molecule has 0 spiro atoms. The number of rotatable bonds is 56. The molecule has 750 valence electrons. The van der Waals surface area contributed by atoms with Gasteiger partial charge in [-0.3, -0.25) is 19.2 Å². The molecule has 0 aromatic carbocycles. The SMILES string of the molecule is CCCCCCCCCCCCC/C=C/[C@@H](O)[C@H](CO[C@@H]1OC(CO)[C@@H](O[C@@H]2OC(CO[C@@H]3OC(CO)[C@@H](O)[C@H](O)C3NC(C)=O)[C@H](O)[C@H](O[C@@H]3OC(CO)[C@@H](O[C@H]4OC(C)[C@@H](O)C(O)[C@@H]4O)[C@H](O[C@@H]4OC(CO)[C@H](O)[C@H](O[C@]5(C(=O)O)CC(O)[C@@H](NC(C)=O)C([C@H](O)[C@H](O)CO)O5)C4O)C3NC(C)=O)C2O)[C@H](O)C1O)NC(=O)CCCCCCCCCCCCCCC. The van der Waals surface area contributed by atoms with E-state index in [1.165, 1.54) is 96.5 Å². The summed E-state index contributed by atoms with van der Waals surface area (Å²) in [6.45, 7) is 1.19. The Labute approximate surface area is 751 Å². The smallest absolute Gasteiger partial charge is 0.364 e. The standard InChI is InChI=1S/C85H150N4O40/c1-7-9-11-13-15-17-19-21-23-25-27-29-31-33-48(98)47(89-56(101)34-32-30-28-26-24-22-20-18-16-14-12-10-8-2)41-116-80-69(111)67(109)72(53(39-93)122-80)124-82-70(112)76(64(106)55(123-82)42-117-78-58(87-45(5)96)65(107)62(104)51(37-91)119-78)127-79-59(88-46(6)97)75(73(54(40-94)121-79)125-81-68(110)66(108)60(102)43(3)118-81)126-83-71(113)77(63(105)52(38-92)120-83)129-85(84(114)115)35-49(99)57(86-44(4)95)74(128-85)61(103)50(100)36-90/h31,33,43,47-55,57-83,90-94,98-100,102-113H,7-30,32,34-42H2,1-6H3,(H,86,95)(H,87,96)(H,88,97)(H,89,101)(H,114,115)/b33-31+/t43?,47-,48+,49?,50+,51?,52?,53?,54?,55?,57+,58?,59?,60+,61+,62+,63-,64-,65+,66?,67+,68-,69?,70?,71?,72+,73+,74?,75+,76-,77-,78+,79-,80+,81+,82-,83-,85-/m0/s1. The molecular weight excluding hydrogens is 1720 g/mol. The normalized spacial score (nSPS) is 37.9. The summed E-state index contributed by atoms with van der Waals surface area (Å²) >= 11 is 0. The van der Waals surface area contributed by atoms with E-state index < -0.39 is 315 Å². The monoisotopic (exact) mass is 1870 g/mol. The number of aliphatic hydroxyl groups is 20. The van der Waals surface area contributed by atoms with Crippen molar-refractivity contribution < 1.29 is 198 Å². The summed E-state index contributed by atoms with van der Waals surface area (Å²) in [5, 5.41) is 249. The van der Waals surface area contributed by atoms with Crippen molar-refractivity contribution in [2.75, 3.05) is 46.2 Å². The van der Waals surface area contributed by atoms with Crippen LogP contribution in [0, 0.1) is 0 Å². The van der Waals surface area contributed by atoms with Crippen molar-refractivity contribution in [2.24, 2.45) is 0 Å². The van der Waals surface area contributed by atoms with E-state index in [1.807, 2.05) is 0 Å². The van der Waals surface area contributed by atoms with Gasteiger partial charge in [-0.25, -0.2) is 4.79 Å². The molecule has 0 radical (unpaired) electrons. The van der Waals surface area contributed by atoms with Gasteiger partial charge in [0.1, 0.15) is 159 Å². The highest BCUT2D eigenvalue weighted by molar-refractivity contribution is 5.77. The van der Waals surface area contributed by atoms with Crippen molar-refractivity contribution in [2.45, 2.75) is 447 Å². The Morgan fingerprint density at radius 2 is 0.868 bits per heavy atom. The van der Waals surface area contributed by atoms with Crippen LogP contribution in [0.4, 0.5) is 0 Å². The lowest BCUT2D eigenvalue weighted by molar-refractivity contribution is -0.400. The van der Waals surface area contributed by atoms with E-state index >= 15 is 0 Å². The molecule has 44 nitrogen and oxygen atoms in total. The Morgan fingerprint density at radius 1 is 0.426 bits per heavy atom. The van der Waals surface area contributed by atoms with Crippen LogP contribution in [0.1, 0.15) is 215 Å². The van der Waals surface area contributed by atoms with Crippen LogP contribution in [-0.4, -0.2) is 416 Å². The third-order valence-electron chi connectivity index (χ3n) is 24.7. The molecule has 0 aromatic heterocycles. The summed E-state index contributed by atoms with van der Waals surface area (Å²) < 4.78 is 85.3. The quantitative estimate of drug-likeness (QED) is 0.0200. The van der Waals surface area contributed by atoms with E-state index in [-0.39, 0.29) is 6.42 Å². The summed E-state index contributed by atoms with van der Waals surface area (Å²) in [4.78, 5) is 66.1. The molecule has 0 aliphatic carbocycles. The number of unbranched alkanes of at least 4 members (excludes halogenated alkanes) is 23. The van der Waals surface area contributed by atoms with Crippen LogP contribution in [0.25, 0.3) is 0 Å². The maximum absolute atomic E-state index is 13.8. The van der Waals surface area contributed by atoms with Crippen LogP contribution in [0.2, 0.25) is 0 Å². The number of allylic oxidation sites excluding steroid dienone is 1. The van der Waals surface area contributed by atoms with E-state index in [0.717, 1.165) is 85.0 Å². The topological polar surface area (TPSA) is 688 Å². The average Bonchev–Trinajstić information content (AvgIpc) is 0.744. The second-order valence-electron chi connectivity index (χ2n) is 34.9. The van der Waals surface area contributed by atoms with E-state index in [9.17, 15) is 131 Å². The number of aliphatic hydroxyl groups excluding tert-OH is 20. The minimum Gasteiger partial charge on any atom is -0.477 e. The molecule has 7 fully saturated rings. The van der Waals surface area contributed by atoms with Gasteiger partial charge in [-0.1, -0.05) is 167 Å². The molecular formula is C85H150N4O40. The molecule has 0 aromatic rings. The number of carbonyl (C=O) groups is 5. The van der Waals surface area contributed by atoms with Gasteiger partial charge in [0.2, 0.25) is 23.6 Å². The molecule has 7 aliphatic rings. The first-order valence-corrected chi connectivity index (χ1v) is 46.0. The van der Waals surface area contributed by atoms with Gasteiger partial charge in [0.05, 0.1) is 76.6 Å². The van der Waals surface area contributed by atoms with Crippen LogP contribution in [0.5, 0.6) is 0 Å². The van der Waals surface area contributed by atoms with Gasteiger partial charge in [-0.05, 0) is 26.2 Å². The second-order valence-corrected chi connectivity index (χ2v) is 34.9. The molecule has 0 bridgehead atoms. The van der Waals surface area contributed by atoms with Crippen LogP contribution >= 0.6 is 0 Å². The van der Waals surface area contributed by atoms with Crippen LogP contribution in [0.15, 0.2) is 12.2 Å². The summed E-state index contributed by atoms with van der Waals surface area (Å²) in [7, 11) is 0. The van der Waals surface area contributed by atoms with Gasteiger partial charge in [-0.2, -0.15) is 0 Å². The second kappa shape index (κ2) is 56.4. The summed E-state index contributed by atoms with van der Waals surface area (Å²) in [5.74, 6) is -8.67. The molecule has 129 heavy (non-hydrogen) atoms. The van der Waals surface area contributed by atoms with Gasteiger partial charge >= 0.3 is 5.97 Å². The van der Waals surface area contributed by atoms with Crippen LogP contribution < -0.4 is 21.3 Å². The van der Waals surface area contributed by atoms with Gasteiger partial charge in [0.25, 0.3) is 5.79 Å². The molecule has 7 aliphatic heterocycles. The molecule has 7 rings (SSSR count). The van der Waals surface area contributed by atoms with Crippen molar-refractivity contribution in [3.8, 4) is 0 Å². The van der Waals surface area contributed by atoms with Gasteiger partial charge < -0.3 is 195 Å². The fourth-order valence-corrected chi connectivity index (χ4v) is 17.2. The Balaban J connectivity index is 1.20. The van der Waals surface area contributed by atoms with Crippen LogP contribution in [-0.2, 0) is 90.3 Å². The lowest BCUT2D eigenvalue weighted by Crippen LogP contribution is -2.72. The maximum Gasteiger partial charge on any atom is 0.364 e. The molecule has 25 N–H and O–H groups in total. The fraction of sp³-hybridized carbons (Fsp3) is 0.918. The molecule has 7 heterocycles. The number of aliphatic carboxylic acids is 1. The molecule has 4 amide bonds. The first-order chi connectivity index (χ1) is 61.5. The number of carboxylic acids is 1. The zero-order valence-electron chi connectivity index (χ0n) is 74.7. The number of ether oxygens (including phenoxy) is 14. The van der Waals surface area contributed by atoms with E-state index in [2.05, 4.69) is 35.1 Å². The zero-order valence-corrected chi connectivity index (χ0v) is 74.7. The Bertz CT molecular complexity index is 3240. The Hall–Kier alpha value is -4.27. The Morgan fingerprint density at radius 3 is 1.41 bits per heavy atom.